The molecule has 0 heterocycles. The second-order valence-electron chi connectivity index (χ2n) is 12.3. The van der Waals surface area contributed by atoms with Crippen LogP contribution in [0.25, 0.3) is 0 Å². The Hall–Kier alpha value is -4.98. The van der Waals surface area contributed by atoms with Crippen molar-refractivity contribution < 1.29 is 25.3 Å². The highest BCUT2D eigenvalue weighted by Gasteiger charge is 2.06. The van der Waals surface area contributed by atoms with Crippen LogP contribution < -0.4 is 34.4 Å². The predicted molar refractivity (Wildman–Crippen MR) is 260 cm³/mol. The maximum Gasteiger partial charge on any atom is 0.175 e. The van der Waals surface area contributed by atoms with E-state index in [0.29, 0.717) is 27.6 Å². The summed E-state index contributed by atoms with van der Waals surface area (Å²) in [7, 11) is -7.99. The van der Waals surface area contributed by atoms with Gasteiger partial charge < -0.3 is 34.4 Å². The van der Waals surface area contributed by atoms with Crippen molar-refractivity contribution in [2.45, 2.75) is 29.4 Å². The smallest absolute Gasteiger partial charge is 0.175 e. The first kappa shape index (κ1) is 53.0. The van der Waals surface area contributed by atoms with Gasteiger partial charge in [0.15, 0.2) is 19.7 Å². The highest BCUT2D eigenvalue weighted by atomic mass is 32.2. The van der Waals surface area contributed by atoms with Crippen molar-refractivity contribution >= 4 is 98.9 Å². The molecule has 2 unspecified atom stereocenters. The Morgan fingerprint density at radius 1 is 0.400 bits per heavy atom. The number of hydrogen-bond donors (Lipinski definition) is 6. The molecule has 12 N–H and O–H groups in total. The molecule has 324 valence electrons. The minimum atomic E-state index is -3.11. The second-order valence-corrected chi connectivity index (χ2v) is 20.8. The molecule has 12 nitrogen and oxygen atoms in total. The van der Waals surface area contributed by atoms with E-state index >= 15 is 0 Å². The normalized spacial score (nSPS) is 11.3. The van der Waals surface area contributed by atoms with Gasteiger partial charge in [-0.2, -0.15) is 0 Å². The zero-order valence-electron chi connectivity index (χ0n) is 34.2. The Labute approximate surface area is 368 Å². The largest absolute Gasteiger partial charge is 0.399 e. The van der Waals surface area contributed by atoms with E-state index in [1.165, 1.54) is 40.3 Å². The van der Waals surface area contributed by atoms with Crippen LogP contribution >= 0.6 is 23.5 Å². The van der Waals surface area contributed by atoms with Gasteiger partial charge in [0.2, 0.25) is 0 Å². The molecule has 6 aromatic carbocycles. The fourth-order valence-electron chi connectivity index (χ4n) is 4.06. The summed E-state index contributed by atoms with van der Waals surface area (Å²) in [6, 6.07) is 42.2. The third-order valence-electron chi connectivity index (χ3n) is 7.21. The van der Waals surface area contributed by atoms with Gasteiger partial charge >= 0.3 is 0 Å². The van der Waals surface area contributed by atoms with Gasteiger partial charge in [-0.3, -0.25) is 8.42 Å². The van der Waals surface area contributed by atoms with E-state index in [2.05, 4.69) is 0 Å². The lowest BCUT2D eigenvalue weighted by Gasteiger charge is -1.97. The van der Waals surface area contributed by atoms with Gasteiger partial charge in [-0.15, -0.1) is 23.5 Å². The molecule has 0 aromatic heterocycles. The van der Waals surface area contributed by atoms with Crippen molar-refractivity contribution in [2.24, 2.45) is 0 Å². The molecule has 0 aliphatic carbocycles. The number of thioether (sulfide) groups is 2. The van der Waals surface area contributed by atoms with Crippen LogP contribution in [0.1, 0.15) is 0 Å². The molecule has 0 saturated carbocycles. The monoisotopic (exact) mass is 930 g/mol. The summed E-state index contributed by atoms with van der Waals surface area (Å²) in [5.74, 6) is 0. The van der Waals surface area contributed by atoms with Crippen LogP contribution in [-0.4, -0.2) is 62.8 Å². The van der Waals surface area contributed by atoms with E-state index in [-0.39, 0.29) is 4.90 Å². The van der Waals surface area contributed by atoms with E-state index in [1.54, 1.807) is 109 Å². The van der Waals surface area contributed by atoms with E-state index in [0.717, 1.165) is 27.4 Å². The second kappa shape index (κ2) is 27.0. The highest BCUT2D eigenvalue weighted by molar-refractivity contribution is 7.98. The molecule has 0 radical (unpaired) electrons. The van der Waals surface area contributed by atoms with Gasteiger partial charge in [-0.05, 0) is 140 Å². The topological polar surface area (TPSA) is 259 Å². The van der Waals surface area contributed by atoms with Crippen molar-refractivity contribution in [3.8, 4) is 0 Å². The van der Waals surface area contributed by atoms with Crippen LogP contribution in [0.2, 0.25) is 0 Å². The minimum absolute atomic E-state index is 0.262. The average molecular weight is 931 g/mol. The van der Waals surface area contributed by atoms with Gasteiger partial charge in [0.1, 0.15) is 0 Å². The number of sulfone groups is 2. The standard InChI is InChI=1S/2C7H9NO2S.2C7H9NOS.2C7H9NS/c1-11(9,10)7-4-2-6(8)3-5-7;1-11(9,10)7-4-2-3-6(8)5-7;1-10(9)7-4-2-6(8)3-5-7;1-10(9)7-4-2-3-6(8)5-7;1-9-7-4-2-6(8)3-5-7;1-9-7-4-2-3-6(8)5-7/h2*2-5H,8H2,1H3;2*2-5H,8H2,1H3;2*2-5H,8H2,1H3. The summed E-state index contributed by atoms with van der Waals surface area (Å²) < 4.78 is 65.3. The SMILES string of the molecule is CS(=O)(=O)c1ccc(N)cc1.CS(=O)(=O)c1cccc(N)c1.CS(=O)c1ccc(N)cc1.CS(=O)c1cccc(N)c1.CSc1ccc(N)cc1.CSc1cccc(N)c1. The summed E-state index contributed by atoms with van der Waals surface area (Å²) in [5.41, 5.74) is 36.7. The molecule has 0 fully saturated rings. The fraction of sp³-hybridized carbons (Fsp3) is 0.143. The molecule has 6 aromatic rings. The van der Waals surface area contributed by atoms with Crippen LogP contribution in [0.3, 0.4) is 0 Å². The minimum Gasteiger partial charge on any atom is -0.399 e. The Morgan fingerprint density at radius 3 is 1.12 bits per heavy atom. The first-order valence-electron chi connectivity index (χ1n) is 17.3. The Morgan fingerprint density at radius 2 is 0.783 bits per heavy atom. The van der Waals surface area contributed by atoms with E-state index in [1.807, 2.05) is 61.0 Å². The highest BCUT2D eigenvalue weighted by Crippen LogP contribution is 2.17. The average Bonchev–Trinajstić information content (AvgIpc) is 3.19. The van der Waals surface area contributed by atoms with Crippen molar-refractivity contribution in [1.29, 1.82) is 0 Å². The molecule has 0 aliphatic heterocycles. The van der Waals surface area contributed by atoms with Gasteiger partial charge in [0.25, 0.3) is 0 Å². The number of benzene rings is 6. The maximum absolute atomic E-state index is 10.9. The van der Waals surface area contributed by atoms with Crippen LogP contribution in [0.4, 0.5) is 34.1 Å². The fourth-order valence-corrected chi connectivity index (χ4v) is 7.33. The summed E-state index contributed by atoms with van der Waals surface area (Å²) in [6.07, 6.45) is 9.68. The van der Waals surface area contributed by atoms with Crippen LogP contribution in [-0.2, 0) is 41.3 Å². The Bertz CT molecular complexity index is 2470. The Balaban J connectivity index is 0.000000361. The summed E-state index contributed by atoms with van der Waals surface area (Å²) in [4.78, 5) is 4.62. The molecule has 6 rings (SSSR count). The lowest BCUT2D eigenvalue weighted by molar-refractivity contribution is 0.600. The molecule has 0 amide bonds. The van der Waals surface area contributed by atoms with Gasteiger partial charge in [0.05, 0.1) is 9.79 Å². The summed E-state index contributed by atoms with van der Waals surface area (Å²) in [5, 5.41) is 0. The molecule has 0 bridgehead atoms. The van der Waals surface area contributed by atoms with Crippen LogP contribution in [0.5, 0.6) is 0 Å². The van der Waals surface area contributed by atoms with Crippen LogP contribution in [0.15, 0.2) is 175 Å². The molecule has 60 heavy (non-hydrogen) atoms. The quantitative estimate of drug-likeness (QED) is 0.0706. The first-order valence-corrected chi connectivity index (χ1v) is 26.7. The number of nitrogen functional groups attached to an aromatic ring is 6. The number of nitrogens with two attached hydrogens (primary N) is 6. The van der Waals surface area contributed by atoms with Crippen molar-refractivity contribution in [1.82, 2.24) is 0 Å². The molecule has 0 spiro atoms. The van der Waals surface area contributed by atoms with Crippen molar-refractivity contribution in [3.63, 3.8) is 0 Å². The molecule has 2 atom stereocenters. The predicted octanol–water partition coefficient (Wildman–Crippen LogP) is 7.34. The Kier molecular flexibility index (Phi) is 23.9. The van der Waals surface area contributed by atoms with Gasteiger partial charge in [-0.1, -0.05) is 18.2 Å². The molecule has 0 saturated heterocycles. The van der Waals surface area contributed by atoms with E-state index in [4.69, 9.17) is 34.4 Å². The van der Waals surface area contributed by atoms with Gasteiger partial charge in [0, 0.05) is 100 Å². The zero-order valence-corrected chi connectivity index (χ0v) is 39.1. The lowest BCUT2D eigenvalue weighted by atomic mass is 10.3. The summed E-state index contributed by atoms with van der Waals surface area (Å²) >= 11 is 3.42. The third-order valence-corrected chi connectivity index (χ3v) is 12.8. The van der Waals surface area contributed by atoms with Crippen LogP contribution in [0, 0.1) is 0 Å². The van der Waals surface area contributed by atoms with Crippen molar-refractivity contribution in [3.05, 3.63) is 146 Å². The van der Waals surface area contributed by atoms with E-state index < -0.39 is 41.3 Å². The molecular formula is C42H54N6O6S6. The first-order chi connectivity index (χ1) is 28.0. The number of rotatable bonds is 6. The molecule has 18 heteroatoms. The lowest BCUT2D eigenvalue weighted by Crippen LogP contribution is -1.97. The third kappa shape index (κ3) is 23.0. The van der Waals surface area contributed by atoms with E-state index in [9.17, 15) is 25.3 Å². The molecular weight excluding hydrogens is 877 g/mol. The maximum atomic E-state index is 10.9. The zero-order chi connectivity index (χ0) is 45.5. The number of hydrogen-bond acceptors (Lipinski definition) is 14. The summed E-state index contributed by atoms with van der Waals surface area (Å²) in [6.45, 7) is 0. The van der Waals surface area contributed by atoms with Crippen molar-refractivity contribution in [2.75, 3.05) is 71.9 Å². The van der Waals surface area contributed by atoms with Gasteiger partial charge in [-0.25, -0.2) is 16.8 Å². The molecule has 0 aliphatic rings. The number of anilines is 6.